The first kappa shape index (κ1) is 16.0. The molecule has 0 saturated carbocycles. The van der Waals surface area contributed by atoms with E-state index in [9.17, 15) is 14.4 Å². The third-order valence-corrected chi connectivity index (χ3v) is 4.05. The summed E-state index contributed by atoms with van der Waals surface area (Å²) < 4.78 is 0. The molecule has 6 nitrogen and oxygen atoms in total. The molecule has 0 aromatic heterocycles. The number of amides is 2. The topological polar surface area (TPSA) is 95.5 Å². The number of hydrogen-bond acceptors (Lipinski definition) is 3. The third kappa shape index (κ3) is 3.23. The third-order valence-electron chi connectivity index (χ3n) is 3.72. The van der Waals surface area contributed by atoms with Gasteiger partial charge in [-0.15, -0.1) is 0 Å². The Balaban J connectivity index is 1.82. The molecule has 0 saturated heterocycles. The summed E-state index contributed by atoms with van der Waals surface area (Å²) >= 11 is 5.81. The first-order valence-corrected chi connectivity index (χ1v) is 7.59. The van der Waals surface area contributed by atoms with Gasteiger partial charge in [-0.05, 0) is 48.4 Å². The van der Waals surface area contributed by atoms with Crippen molar-refractivity contribution in [2.75, 3.05) is 10.6 Å². The van der Waals surface area contributed by atoms with E-state index in [1.165, 1.54) is 18.2 Å². The summed E-state index contributed by atoms with van der Waals surface area (Å²) in [6, 6.07) is 9.27. The Morgan fingerprint density at radius 1 is 1.12 bits per heavy atom. The zero-order valence-electron chi connectivity index (χ0n) is 12.4. The molecule has 1 aliphatic heterocycles. The zero-order valence-corrected chi connectivity index (χ0v) is 13.2. The molecule has 2 aromatic rings. The van der Waals surface area contributed by atoms with Gasteiger partial charge >= 0.3 is 5.97 Å². The van der Waals surface area contributed by atoms with Crippen LogP contribution in [-0.2, 0) is 11.2 Å². The maximum atomic E-state index is 12.4. The van der Waals surface area contributed by atoms with Crippen LogP contribution in [-0.4, -0.2) is 22.9 Å². The number of benzene rings is 2. The minimum Gasteiger partial charge on any atom is -0.478 e. The van der Waals surface area contributed by atoms with Crippen LogP contribution in [0.3, 0.4) is 0 Å². The van der Waals surface area contributed by atoms with Crippen LogP contribution < -0.4 is 10.6 Å². The molecular weight excluding hydrogens is 332 g/mol. The Morgan fingerprint density at radius 2 is 1.92 bits per heavy atom. The van der Waals surface area contributed by atoms with Crippen molar-refractivity contribution >= 4 is 40.8 Å². The molecule has 2 amide bonds. The Hall–Kier alpha value is -2.86. The van der Waals surface area contributed by atoms with Gasteiger partial charge in [-0.1, -0.05) is 11.6 Å². The zero-order chi connectivity index (χ0) is 17.3. The molecule has 0 aliphatic carbocycles. The Kier molecular flexibility index (Phi) is 4.22. The number of rotatable bonds is 3. The van der Waals surface area contributed by atoms with Crippen molar-refractivity contribution in [2.45, 2.75) is 12.8 Å². The van der Waals surface area contributed by atoms with E-state index in [0.717, 1.165) is 5.56 Å². The number of halogens is 1. The molecule has 0 bridgehead atoms. The number of carbonyl (C=O) groups excluding carboxylic acids is 2. The average molecular weight is 345 g/mol. The van der Waals surface area contributed by atoms with Gasteiger partial charge in [0.1, 0.15) is 0 Å². The number of aryl methyl sites for hydroxylation is 1. The summed E-state index contributed by atoms with van der Waals surface area (Å²) in [7, 11) is 0. The van der Waals surface area contributed by atoms with Gasteiger partial charge < -0.3 is 15.7 Å². The highest BCUT2D eigenvalue weighted by atomic mass is 35.5. The maximum Gasteiger partial charge on any atom is 0.337 e. The summed E-state index contributed by atoms with van der Waals surface area (Å²) in [5, 5.41) is 14.6. The molecule has 0 atom stereocenters. The Bertz CT molecular complexity index is 864. The van der Waals surface area contributed by atoms with E-state index in [4.69, 9.17) is 16.7 Å². The molecule has 122 valence electrons. The maximum absolute atomic E-state index is 12.4. The molecule has 3 rings (SSSR count). The van der Waals surface area contributed by atoms with E-state index in [-0.39, 0.29) is 22.4 Å². The number of nitrogens with one attached hydrogen (secondary N) is 2. The smallest absolute Gasteiger partial charge is 0.337 e. The highest BCUT2D eigenvalue weighted by molar-refractivity contribution is 6.33. The second-order valence-electron chi connectivity index (χ2n) is 5.37. The SMILES string of the molecule is O=C1CCc2cc(C(=O)Nc3ccc(Cl)c(C(=O)O)c3)ccc2N1. The van der Waals surface area contributed by atoms with E-state index in [0.29, 0.717) is 29.8 Å². The number of carboxylic acids is 1. The number of anilines is 2. The van der Waals surface area contributed by atoms with E-state index < -0.39 is 5.97 Å². The summed E-state index contributed by atoms with van der Waals surface area (Å²) in [6.07, 6.45) is 0.962. The fourth-order valence-electron chi connectivity index (χ4n) is 2.49. The van der Waals surface area contributed by atoms with Crippen molar-refractivity contribution in [3.63, 3.8) is 0 Å². The quantitative estimate of drug-likeness (QED) is 0.796. The largest absolute Gasteiger partial charge is 0.478 e. The first-order valence-electron chi connectivity index (χ1n) is 7.21. The van der Waals surface area contributed by atoms with Gasteiger partial charge in [-0.25, -0.2) is 4.79 Å². The van der Waals surface area contributed by atoms with Gasteiger partial charge in [-0.3, -0.25) is 9.59 Å². The summed E-state index contributed by atoms with van der Waals surface area (Å²) in [4.78, 5) is 34.8. The van der Waals surface area contributed by atoms with E-state index in [1.54, 1.807) is 18.2 Å². The molecule has 0 fully saturated rings. The van der Waals surface area contributed by atoms with Crippen molar-refractivity contribution < 1.29 is 19.5 Å². The summed E-state index contributed by atoms with van der Waals surface area (Å²) in [5.41, 5.74) is 2.29. The normalized spacial score (nSPS) is 13.0. The van der Waals surface area contributed by atoms with Crippen LogP contribution in [0.1, 0.15) is 32.7 Å². The summed E-state index contributed by atoms with van der Waals surface area (Å²) in [6.45, 7) is 0. The molecule has 3 N–H and O–H groups in total. The van der Waals surface area contributed by atoms with Crippen LogP contribution >= 0.6 is 11.6 Å². The monoisotopic (exact) mass is 344 g/mol. The lowest BCUT2D eigenvalue weighted by Gasteiger charge is -2.17. The van der Waals surface area contributed by atoms with E-state index in [2.05, 4.69) is 10.6 Å². The van der Waals surface area contributed by atoms with Crippen molar-refractivity contribution in [1.82, 2.24) is 0 Å². The van der Waals surface area contributed by atoms with Crippen molar-refractivity contribution in [3.05, 3.63) is 58.1 Å². The molecule has 2 aromatic carbocycles. The average Bonchev–Trinajstić information content (AvgIpc) is 2.55. The molecule has 0 spiro atoms. The standard InChI is InChI=1S/C17H13ClN2O4/c18-13-4-3-11(8-12(13)17(23)24)19-16(22)10-1-5-14-9(7-10)2-6-15(21)20-14/h1,3-5,7-8H,2,6H2,(H,19,22)(H,20,21)(H,23,24). The van der Waals surface area contributed by atoms with Gasteiger partial charge in [-0.2, -0.15) is 0 Å². The van der Waals surface area contributed by atoms with E-state index >= 15 is 0 Å². The predicted octanol–water partition coefficient (Wildman–Crippen LogP) is 3.18. The minimum atomic E-state index is -1.17. The Morgan fingerprint density at radius 3 is 2.67 bits per heavy atom. The second-order valence-corrected chi connectivity index (χ2v) is 5.78. The van der Waals surface area contributed by atoms with Crippen LogP contribution in [0.4, 0.5) is 11.4 Å². The van der Waals surface area contributed by atoms with Crippen LogP contribution in [0, 0.1) is 0 Å². The lowest BCUT2D eigenvalue weighted by molar-refractivity contribution is -0.116. The van der Waals surface area contributed by atoms with Gasteiger partial charge in [0, 0.05) is 23.4 Å². The summed E-state index contributed by atoms with van der Waals surface area (Å²) in [5.74, 6) is -1.57. The fourth-order valence-corrected chi connectivity index (χ4v) is 2.69. The first-order chi connectivity index (χ1) is 11.4. The number of carbonyl (C=O) groups is 3. The number of carboxylic acid groups (broad SMARTS) is 1. The highest BCUT2D eigenvalue weighted by Gasteiger charge is 2.17. The van der Waals surface area contributed by atoms with E-state index in [1.807, 2.05) is 0 Å². The molecule has 0 radical (unpaired) electrons. The second kappa shape index (κ2) is 6.33. The van der Waals surface area contributed by atoms with Crippen LogP contribution in [0.2, 0.25) is 5.02 Å². The van der Waals surface area contributed by atoms with Crippen LogP contribution in [0.5, 0.6) is 0 Å². The highest BCUT2D eigenvalue weighted by Crippen LogP contribution is 2.25. The Labute approximate surface area is 142 Å². The van der Waals surface area contributed by atoms with Gasteiger partial charge in [0.25, 0.3) is 5.91 Å². The van der Waals surface area contributed by atoms with Gasteiger partial charge in [0.2, 0.25) is 5.91 Å². The lowest BCUT2D eigenvalue weighted by atomic mass is 10.00. The molecule has 7 heteroatoms. The number of aromatic carboxylic acids is 1. The molecule has 1 heterocycles. The number of hydrogen-bond donors (Lipinski definition) is 3. The van der Waals surface area contributed by atoms with Crippen LogP contribution in [0.15, 0.2) is 36.4 Å². The molecule has 0 unspecified atom stereocenters. The number of fused-ring (bicyclic) bond motifs is 1. The van der Waals surface area contributed by atoms with Crippen molar-refractivity contribution in [2.24, 2.45) is 0 Å². The van der Waals surface area contributed by atoms with Crippen molar-refractivity contribution in [1.29, 1.82) is 0 Å². The molecule has 1 aliphatic rings. The predicted molar refractivity (Wildman–Crippen MR) is 89.8 cm³/mol. The van der Waals surface area contributed by atoms with Gasteiger partial charge in [0.05, 0.1) is 10.6 Å². The van der Waals surface area contributed by atoms with Crippen LogP contribution in [0.25, 0.3) is 0 Å². The molecular formula is C17H13ClN2O4. The van der Waals surface area contributed by atoms with Gasteiger partial charge in [0.15, 0.2) is 0 Å². The minimum absolute atomic E-state index is 0.0398. The molecule has 24 heavy (non-hydrogen) atoms. The lowest BCUT2D eigenvalue weighted by Crippen LogP contribution is -2.20. The van der Waals surface area contributed by atoms with Crippen molar-refractivity contribution in [3.8, 4) is 0 Å². The fraction of sp³-hybridized carbons (Fsp3) is 0.118.